The fourth-order valence-corrected chi connectivity index (χ4v) is 0.394. The Balaban J connectivity index is 4.20. The first kappa shape index (κ1) is 9.81. The second kappa shape index (κ2) is 3.85. The summed E-state index contributed by atoms with van der Waals surface area (Å²) in [7, 11) is 0. The summed E-state index contributed by atoms with van der Waals surface area (Å²) >= 11 is 0. The van der Waals surface area contributed by atoms with Gasteiger partial charge in [-0.25, -0.2) is 0 Å². The molecule has 0 unspecified atom stereocenters. The average molecular weight is 164 g/mol. The Hall–Kier alpha value is -1.19. The summed E-state index contributed by atoms with van der Waals surface area (Å²) in [4.78, 5) is 0. The molecule has 0 aromatic carbocycles. The van der Waals surface area contributed by atoms with Crippen molar-refractivity contribution in [1.29, 1.82) is 0 Å². The monoisotopic (exact) mass is 164 g/mol. The van der Waals surface area contributed by atoms with Gasteiger partial charge < -0.3 is 4.74 Å². The highest BCUT2D eigenvalue weighted by Gasteiger charge is 2.31. The predicted molar refractivity (Wildman–Crippen MR) is 35.6 cm³/mol. The van der Waals surface area contributed by atoms with Crippen LogP contribution in [0.1, 0.15) is 0 Å². The lowest BCUT2D eigenvalue weighted by Crippen LogP contribution is -2.11. The van der Waals surface area contributed by atoms with Crippen molar-refractivity contribution in [1.82, 2.24) is 0 Å². The lowest BCUT2D eigenvalue weighted by atomic mass is 10.4. The molecule has 0 rings (SSSR count). The van der Waals surface area contributed by atoms with Crippen LogP contribution in [0.15, 0.2) is 37.1 Å². The van der Waals surface area contributed by atoms with Crippen LogP contribution >= 0.6 is 0 Å². The minimum atomic E-state index is -4.66. The van der Waals surface area contributed by atoms with Crippen molar-refractivity contribution in [2.75, 3.05) is 0 Å². The van der Waals surface area contributed by atoms with Crippen molar-refractivity contribution in [3.63, 3.8) is 0 Å². The molecule has 1 nitrogen and oxygen atoms in total. The number of alkyl halides is 3. The van der Waals surface area contributed by atoms with Crippen molar-refractivity contribution in [2.45, 2.75) is 6.36 Å². The van der Waals surface area contributed by atoms with E-state index in [0.717, 1.165) is 12.2 Å². The molecule has 0 aliphatic rings. The second-order valence-corrected chi connectivity index (χ2v) is 1.56. The molecule has 0 heterocycles. The quantitative estimate of drug-likeness (QED) is 0.460. The molecule has 4 heteroatoms. The third-order valence-electron chi connectivity index (χ3n) is 0.717. The molecule has 0 aromatic heterocycles. The van der Waals surface area contributed by atoms with Crippen LogP contribution in [0.25, 0.3) is 0 Å². The molecule has 0 atom stereocenters. The van der Waals surface area contributed by atoms with Crippen molar-refractivity contribution in [3.8, 4) is 0 Å². The van der Waals surface area contributed by atoms with Crippen LogP contribution in [0.3, 0.4) is 0 Å². The molecular weight excluding hydrogens is 157 g/mol. The Morgan fingerprint density at radius 3 is 2.09 bits per heavy atom. The molecule has 0 aromatic rings. The summed E-state index contributed by atoms with van der Waals surface area (Å²) < 4.78 is 37.9. The molecule has 0 amide bonds. The topological polar surface area (TPSA) is 9.23 Å². The van der Waals surface area contributed by atoms with Gasteiger partial charge in [0, 0.05) is 0 Å². The number of allylic oxidation sites excluding steroid dienone is 3. The van der Waals surface area contributed by atoms with Gasteiger partial charge in [0.15, 0.2) is 0 Å². The number of ether oxygens (including phenoxy) is 1. The maximum Gasteiger partial charge on any atom is 0.573 e. The van der Waals surface area contributed by atoms with E-state index in [2.05, 4.69) is 17.9 Å². The number of hydrogen-bond donors (Lipinski definition) is 0. The Kier molecular flexibility index (Phi) is 3.44. The van der Waals surface area contributed by atoms with Gasteiger partial charge in [-0.1, -0.05) is 19.2 Å². The molecule has 11 heavy (non-hydrogen) atoms. The first-order valence-electron chi connectivity index (χ1n) is 2.70. The van der Waals surface area contributed by atoms with E-state index in [9.17, 15) is 13.2 Å². The van der Waals surface area contributed by atoms with Crippen LogP contribution in [-0.2, 0) is 4.74 Å². The SMILES string of the molecule is C=CC=C(C=C)OC(F)(F)F. The average Bonchev–Trinajstić information content (AvgIpc) is 1.84. The van der Waals surface area contributed by atoms with E-state index < -0.39 is 6.36 Å². The van der Waals surface area contributed by atoms with Gasteiger partial charge in [0.05, 0.1) is 0 Å². The molecule has 62 valence electrons. The molecule has 0 fully saturated rings. The van der Waals surface area contributed by atoms with Crippen LogP contribution in [0, 0.1) is 0 Å². The summed E-state index contributed by atoms with van der Waals surface area (Å²) in [5.41, 5.74) is 0. The van der Waals surface area contributed by atoms with E-state index >= 15 is 0 Å². The van der Waals surface area contributed by atoms with Gasteiger partial charge in [0.25, 0.3) is 0 Å². The van der Waals surface area contributed by atoms with Crippen molar-refractivity contribution >= 4 is 0 Å². The fraction of sp³-hybridized carbons (Fsp3) is 0.143. The molecule has 0 spiro atoms. The molecule has 0 saturated carbocycles. The summed E-state index contributed by atoms with van der Waals surface area (Å²) in [5.74, 6) is -0.368. The predicted octanol–water partition coefficient (Wildman–Crippen LogP) is 2.78. The second-order valence-electron chi connectivity index (χ2n) is 1.56. The Morgan fingerprint density at radius 1 is 1.27 bits per heavy atom. The van der Waals surface area contributed by atoms with Crippen LogP contribution in [-0.4, -0.2) is 6.36 Å². The van der Waals surface area contributed by atoms with Gasteiger partial charge in [0.2, 0.25) is 0 Å². The normalized spacial score (nSPS) is 12.5. The van der Waals surface area contributed by atoms with Crippen molar-refractivity contribution in [3.05, 3.63) is 37.1 Å². The summed E-state index contributed by atoms with van der Waals surface area (Å²) in [6, 6.07) is 0. The number of halogens is 3. The van der Waals surface area contributed by atoms with Crippen molar-refractivity contribution < 1.29 is 17.9 Å². The zero-order chi connectivity index (χ0) is 8.91. The molecular formula is C7H7F3O. The smallest absolute Gasteiger partial charge is 0.406 e. The number of rotatable bonds is 3. The van der Waals surface area contributed by atoms with E-state index in [1.165, 1.54) is 6.08 Å². The minimum absolute atomic E-state index is 0.368. The van der Waals surface area contributed by atoms with Gasteiger partial charge in [-0.15, -0.1) is 13.2 Å². The summed E-state index contributed by atoms with van der Waals surface area (Å²) in [6.07, 6.45) is -1.46. The molecule has 0 saturated heterocycles. The van der Waals surface area contributed by atoms with E-state index in [1.807, 2.05) is 0 Å². The molecule has 0 aliphatic carbocycles. The standard InChI is InChI=1S/C7H7F3O/c1-3-5-6(4-2)11-7(8,9)10/h3-5H,1-2H2. The van der Waals surface area contributed by atoms with E-state index in [-0.39, 0.29) is 5.76 Å². The van der Waals surface area contributed by atoms with Gasteiger partial charge in [0.1, 0.15) is 5.76 Å². The van der Waals surface area contributed by atoms with Gasteiger partial charge in [-0.2, -0.15) is 0 Å². The lowest BCUT2D eigenvalue weighted by molar-refractivity contribution is -0.303. The van der Waals surface area contributed by atoms with Gasteiger partial charge >= 0.3 is 6.36 Å². The number of hydrogen-bond acceptors (Lipinski definition) is 1. The highest BCUT2D eigenvalue weighted by molar-refractivity contribution is 5.14. The zero-order valence-electron chi connectivity index (χ0n) is 5.69. The first-order valence-corrected chi connectivity index (χ1v) is 2.70. The lowest BCUT2D eigenvalue weighted by Gasteiger charge is -2.07. The Labute approximate surface area is 62.5 Å². The van der Waals surface area contributed by atoms with E-state index in [1.54, 1.807) is 0 Å². The van der Waals surface area contributed by atoms with Crippen molar-refractivity contribution in [2.24, 2.45) is 0 Å². The third-order valence-corrected chi connectivity index (χ3v) is 0.717. The van der Waals surface area contributed by atoms with Gasteiger partial charge in [-0.05, 0) is 12.2 Å². The largest absolute Gasteiger partial charge is 0.573 e. The minimum Gasteiger partial charge on any atom is -0.406 e. The van der Waals surface area contributed by atoms with Crippen LogP contribution in [0.5, 0.6) is 0 Å². The highest BCUT2D eigenvalue weighted by atomic mass is 19.4. The first-order chi connectivity index (χ1) is 4.99. The fourth-order valence-electron chi connectivity index (χ4n) is 0.394. The molecule has 0 N–H and O–H groups in total. The van der Waals surface area contributed by atoms with Crippen LogP contribution in [0.4, 0.5) is 13.2 Å². The highest BCUT2D eigenvalue weighted by Crippen LogP contribution is 2.20. The molecule has 0 bridgehead atoms. The molecule has 0 radical (unpaired) electrons. The van der Waals surface area contributed by atoms with Gasteiger partial charge in [-0.3, -0.25) is 0 Å². The summed E-state index contributed by atoms with van der Waals surface area (Å²) in [6.45, 7) is 6.33. The summed E-state index contributed by atoms with van der Waals surface area (Å²) in [5, 5.41) is 0. The van der Waals surface area contributed by atoms with E-state index in [0.29, 0.717) is 0 Å². The van der Waals surface area contributed by atoms with Crippen LogP contribution in [0.2, 0.25) is 0 Å². The van der Waals surface area contributed by atoms with E-state index in [4.69, 9.17) is 0 Å². The third kappa shape index (κ3) is 5.26. The maximum atomic E-state index is 11.5. The Bertz CT molecular complexity index is 179. The zero-order valence-corrected chi connectivity index (χ0v) is 5.69. The Morgan fingerprint density at radius 2 is 1.82 bits per heavy atom. The van der Waals surface area contributed by atoms with Crippen LogP contribution < -0.4 is 0 Å². The molecule has 0 aliphatic heterocycles. The maximum absolute atomic E-state index is 11.5.